The highest BCUT2D eigenvalue weighted by Crippen LogP contribution is 2.28. The molecular weight excluding hydrogens is 378 g/mol. The van der Waals surface area contributed by atoms with Crippen LogP contribution in [0.5, 0.6) is 0 Å². The molecule has 0 aromatic heterocycles. The van der Waals surface area contributed by atoms with Gasteiger partial charge in [0.05, 0.1) is 28.8 Å². The minimum absolute atomic E-state index is 0.0109. The summed E-state index contributed by atoms with van der Waals surface area (Å²) in [4.78, 5) is 0. The predicted molar refractivity (Wildman–Crippen MR) is 108 cm³/mol. The van der Waals surface area contributed by atoms with Gasteiger partial charge in [-0.25, -0.2) is 0 Å². The third-order valence-corrected chi connectivity index (χ3v) is 4.50. The van der Waals surface area contributed by atoms with E-state index in [1.54, 1.807) is 43.3 Å². The van der Waals surface area contributed by atoms with Crippen molar-refractivity contribution in [1.29, 1.82) is 10.5 Å². The molecule has 142 valence electrons. The molecule has 2 aromatic rings. The van der Waals surface area contributed by atoms with Crippen LogP contribution in [-0.2, 0) is 4.74 Å². The summed E-state index contributed by atoms with van der Waals surface area (Å²) in [6.45, 7) is 5.22. The van der Waals surface area contributed by atoms with Crippen LogP contribution in [0.15, 0.2) is 48.1 Å². The summed E-state index contributed by atoms with van der Waals surface area (Å²) >= 11 is 6.18. The first kappa shape index (κ1) is 20.8. The van der Waals surface area contributed by atoms with Crippen molar-refractivity contribution in [1.82, 2.24) is 0 Å². The molecule has 0 fully saturated rings. The first-order valence-electron chi connectivity index (χ1n) is 8.16. The molecule has 0 amide bonds. The molecule has 0 bridgehead atoms. The van der Waals surface area contributed by atoms with Gasteiger partial charge in [-0.2, -0.15) is 10.5 Å². The summed E-state index contributed by atoms with van der Waals surface area (Å²) in [5.74, 6) is 5.71. The molecule has 0 spiro atoms. The lowest BCUT2D eigenvalue weighted by Gasteiger charge is -2.21. The number of halogens is 1. The monoisotopic (exact) mass is 395 g/mol. The molecule has 0 radical (unpaired) electrons. The van der Waals surface area contributed by atoms with Crippen LogP contribution in [0.3, 0.4) is 0 Å². The number of hydrazone groups is 1. The third kappa shape index (κ3) is 4.60. The average Bonchev–Trinajstić information content (AvgIpc) is 2.73. The van der Waals surface area contributed by atoms with Crippen LogP contribution in [0, 0.1) is 29.6 Å². The van der Waals surface area contributed by atoms with Gasteiger partial charge in [0, 0.05) is 11.3 Å². The zero-order valence-corrected chi connectivity index (χ0v) is 15.9. The number of hydrogen-bond donors (Lipinski definition) is 3. The summed E-state index contributed by atoms with van der Waals surface area (Å²) in [6.07, 6.45) is 0. The Morgan fingerprint density at radius 1 is 1.29 bits per heavy atom. The van der Waals surface area contributed by atoms with Crippen molar-refractivity contribution in [3.8, 4) is 12.1 Å². The molecule has 0 aliphatic carbocycles. The van der Waals surface area contributed by atoms with Crippen LogP contribution in [0.1, 0.15) is 22.3 Å². The number of aliphatic hydroxyl groups is 1. The van der Waals surface area contributed by atoms with E-state index in [-0.39, 0.29) is 18.3 Å². The number of hydrogen-bond acceptors (Lipinski definition) is 7. The predicted octanol–water partition coefficient (Wildman–Crippen LogP) is 3.12. The first-order chi connectivity index (χ1) is 13.4. The Kier molecular flexibility index (Phi) is 7.00. The first-order valence-corrected chi connectivity index (χ1v) is 8.54. The summed E-state index contributed by atoms with van der Waals surface area (Å²) in [5, 5.41) is 34.7. The fourth-order valence-electron chi connectivity index (χ4n) is 2.40. The van der Waals surface area contributed by atoms with E-state index in [0.717, 1.165) is 0 Å². The molecule has 8 heteroatoms. The molecule has 2 rings (SSSR count). The van der Waals surface area contributed by atoms with Crippen molar-refractivity contribution in [2.75, 3.05) is 11.9 Å². The van der Waals surface area contributed by atoms with E-state index in [2.05, 4.69) is 17.0 Å². The lowest BCUT2D eigenvalue weighted by atomic mass is 10.1. The Morgan fingerprint density at radius 3 is 2.50 bits per heavy atom. The zero-order valence-electron chi connectivity index (χ0n) is 15.1. The van der Waals surface area contributed by atoms with E-state index in [4.69, 9.17) is 32.7 Å². The lowest BCUT2D eigenvalue weighted by Crippen LogP contribution is -2.35. The van der Waals surface area contributed by atoms with Crippen LogP contribution in [0.2, 0.25) is 5.02 Å². The highest BCUT2D eigenvalue weighted by molar-refractivity contribution is 6.32. The smallest absolute Gasteiger partial charge is 0.236 e. The Morgan fingerprint density at radius 2 is 1.96 bits per heavy atom. The van der Waals surface area contributed by atoms with Crippen LogP contribution in [-0.4, -0.2) is 23.7 Å². The fraction of sp³-hybridized carbons (Fsp3) is 0.150. The van der Waals surface area contributed by atoms with Crippen molar-refractivity contribution >= 4 is 28.9 Å². The Hall–Kier alpha value is -3.52. The second-order valence-corrected chi connectivity index (χ2v) is 6.15. The van der Waals surface area contributed by atoms with Gasteiger partial charge in [-0.3, -0.25) is 0 Å². The lowest BCUT2D eigenvalue weighted by molar-refractivity contribution is 0.285. The van der Waals surface area contributed by atoms with E-state index in [0.29, 0.717) is 33.0 Å². The fourth-order valence-corrected chi connectivity index (χ4v) is 2.61. The topological polar surface area (TPSA) is 127 Å². The number of anilines is 1. The molecule has 1 atom stereocenters. The molecule has 0 saturated carbocycles. The van der Waals surface area contributed by atoms with Crippen LogP contribution in [0.25, 0.3) is 5.76 Å². The zero-order chi connectivity index (χ0) is 20.7. The van der Waals surface area contributed by atoms with E-state index < -0.39 is 6.04 Å². The number of rotatable bonds is 6. The molecule has 4 N–H and O–H groups in total. The average molecular weight is 396 g/mol. The molecule has 28 heavy (non-hydrogen) atoms. The molecule has 0 heterocycles. The van der Waals surface area contributed by atoms with Crippen molar-refractivity contribution in [2.45, 2.75) is 13.0 Å². The van der Waals surface area contributed by atoms with Crippen LogP contribution >= 0.6 is 11.6 Å². The van der Waals surface area contributed by atoms with Gasteiger partial charge in [0.2, 0.25) is 5.90 Å². The minimum atomic E-state index is -0.775. The van der Waals surface area contributed by atoms with Crippen molar-refractivity contribution < 1.29 is 9.84 Å². The number of nitriles is 2. The van der Waals surface area contributed by atoms with Gasteiger partial charge in [-0.1, -0.05) is 18.2 Å². The van der Waals surface area contributed by atoms with Gasteiger partial charge in [0.1, 0.15) is 17.9 Å². The largest absolute Gasteiger partial charge is 0.439 e. The number of ether oxygens (including phenoxy) is 1. The highest BCUT2D eigenvalue weighted by atomic mass is 35.5. The van der Waals surface area contributed by atoms with Crippen molar-refractivity contribution in [3.63, 3.8) is 0 Å². The van der Waals surface area contributed by atoms with Crippen LogP contribution in [0.4, 0.5) is 5.69 Å². The van der Waals surface area contributed by atoms with E-state index in [9.17, 15) is 5.11 Å². The van der Waals surface area contributed by atoms with E-state index >= 15 is 0 Å². The van der Waals surface area contributed by atoms with Crippen molar-refractivity contribution in [2.24, 2.45) is 10.9 Å². The molecule has 0 aliphatic heterocycles. The molecule has 1 unspecified atom stereocenters. The molecule has 7 nitrogen and oxygen atoms in total. The second kappa shape index (κ2) is 9.43. The minimum Gasteiger partial charge on any atom is -0.439 e. The maximum Gasteiger partial charge on any atom is 0.236 e. The number of benzene rings is 2. The van der Waals surface area contributed by atoms with Gasteiger partial charge >= 0.3 is 0 Å². The summed E-state index contributed by atoms with van der Waals surface area (Å²) < 4.78 is 5.64. The third-order valence-electron chi connectivity index (χ3n) is 4.01. The molecule has 0 aliphatic rings. The van der Waals surface area contributed by atoms with Gasteiger partial charge in [0.15, 0.2) is 0 Å². The maximum atomic E-state index is 9.77. The normalized spacial score (nSPS) is 11.8. The van der Waals surface area contributed by atoms with Gasteiger partial charge in [-0.15, -0.1) is 5.10 Å². The summed E-state index contributed by atoms with van der Waals surface area (Å²) in [7, 11) is 0. The summed E-state index contributed by atoms with van der Waals surface area (Å²) in [6, 6.07) is 13.1. The summed E-state index contributed by atoms with van der Waals surface area (Å²) in [5.41, 5.74) is 2.73. The molecular formula is C20H18ClN5O2. The highest BCUT2D eigenvalue weighted by Gasteiger charge is 2.20. The van der Waals surface area contributed by atoms with Gasteiger partial charge in [0.25, 0.3) is 0 Å². The quantitative estimate of drug-likeness (QED) is 0.227. The Balaban J connectivity index is 2.19. The van der Waals surface area contributed by atoms with Gasteiger partial charge < -0.3 is 21.0 Å². The van der Waals surface area contributed by atoms with Gasteiger partial charge in [-0.05, 0) is 48.9 Å². The maximum absolute atomic E-state index is 9.77. The van der Waals surface area contributed by atoms with E-state index in [1.807, 2.05) is 12.1 Å². The Bertz CT molecular complexity index is 987. The van der Waals surface area contributed by atoms with Crippen molar-refractivity contribution in [3.05, 3.63) is 70.3 Å². The Labute approximate surface area is 167 Å². The molecule has 2 aromatic carbocycles. The number of nitrogens with two attached hydrogens (primary N) is 1. The number of nitrogens with zero attached hydrogens (tertiary/aromatic N) is 3. The van der Waals surface area contributed by atoms with E-state index in [1.165, 1.54) is 0 Å². The SMILES string of the molecule is C=C(O/C(=N\N)C(CO)Nc1ccc(C#N)c(Cl)c1C)c1ccc(C#N)cc1. The standard InChI is InChI=1S/C20H18ClN5O2/c1-12-17(8-7-16(10-23)19(12)21)25-18(11-27)20(26-24)28-13(2)15-5-3-14(9-22)4-6-15/h3-8,18,25,27H,2,11,24H2,1H3/b26-20-. The number of aliphatic hydroxyl groups excluding tert-OH is 1. The second-order valence-electron chi connectivity index (χ2n) is 5.77. The van der Waals surface area contributed by atoms with Crippen LogP contribution < -0.4 is 11.2 Å². The number of nitrogens with one attached hydrogen (secondary N) is 1. The molecule has 0 saturated heterocycles.